The Morgan fingerprint density at radius 2 is 1.52 bits per heavy atom. The van der Waals surface area contributed by atoms with E-state index in [1.807, 2.05) is 51.1 Å². The highest BCUT2D eigenvalue weighted by Gasteiger charge is 2.34. The van der Waals surface area contributed by atoms with E-state index in [0.717, 1.165) is 21.7 Å². The molecule has 9 nitrogen and oxygen atoms in total. The van der Waals surface area contributed by atoms with Gasteiger partial charge in [-0.2, -0.15) is 0 Å². The molecule has 3 aromatic carbocycles. The zero-order chi connectivity index (χ0) is 31.1. The predicted octanol–water partition coefficient (Wildman–Crippen LogP) is 4.68. The lowest BCUT2D eigenvalue weighted by Gasteiger charge is -2.35. The molecule has 1 atom stereocenters. The molecule has 0 fully saturated rings. The fourth-order valence-electron chi connectivity index (χ4n) is 4.39. The van der Waals surface area contributed by atoms with Gasteiger partial charge in [0.1, 0.15) is 12.6 Å². The molecule has 0 aliphatic carbocycles. The molecule has 0 aliphatic rings. The Labute approximate surface area is 253 Å². The summed E-state index contributed by atoms with van der Waals surface area (Å²) in [6.07, 6.45) is 1.24. The summed E-state index contributed by atoms with van der Waals surface area (Å²) in [5, 5.41) is 3.52. The number of halogens is 1. The number of hydrogen-bond donors (Lipinski definition) is 1. The molecule has 11 heteroatoms. The summed E-state index contributed by atoms with van der Waals surface area (Å²) in [5.74, 6) is -0.200. The van der Waals surface area contributed by atoms with Crippen molar-refractivity contribution in [3.05, 3.63) is 88.9 Å². The van der Waals surface area contributed by atoms with Crippen molar-refractivity contribution in [1.82, 2.24) is 10.2 Å². The second-order valence-corrected chi connectivity index (χ2v) is 13.2. The van der Waals surface area contributed by atoms with Gasteiger partial charge in [-0.15, -0.1) is 0 Å². The van der Waals surface area contributed by atoms with Crippen molar-refractivity contribution in [2.45, 2.75) is 45.3 Å². The molecule has 0 aromatic heterocycles. The molecule has 2 amide bonds. The number of hydrogen-bond acceptors (Lipinski definition) is 6. The van der Waals surface area contributed by atoms with Crippen LogP contribution in [0.15, 0.2) is 72.8 Å². The summed E-state index contributed by atoms with van der Waals surface area (Å²) in [5.41, 5.74) is 1.22. The minimum absolute atomic E-state index is 0.0502. The first-order valence-corrected chi connectivity index (χ1v) is 15.5. The van der Waals surface area contributed by atoms with E-state index in [-0.39, 0.29) is 24.6 Å². The van der Waals surface area contributed by atoms with Gasteiger partial charge in [0.2, 0.25) is 21.8 Å². The maximum Gasteiger partial charge on any atom is 0.244 e. The molecule has 3 aromatic rings. The summed E-state index contributed by atoms with van der Waals surface area (Å²) >= 11 is 6.10. The number of carbonyl (C=O) groups excluding carboxylic acids is 2. The van der Waals surface area contributed by atoms with Gasteiger partial charge in [0.05, 0.1) is 26.2 Å². The number of sulfonamides is 1. The van der Waals surface area contributed by atoms with Crippen LogP contribution in [-0.4, -0.2) is 63.7 Å². The standard InChI is InChI=1S/C31H38ClN3O6S/c1-31(2,3)33-30(37)26(18-22-10-8-7-9-11-22)34(20-23-12-14-24(32)15-13-23)29(36)21-35(42(6,38)39)25-16-17-27(40-4)28(19-25)41-5/h7-17,19,26H,18,20-21H2,1-6H3,(H,33,37)/t26-/m1/s1. The zero-order valence-corrected chi connectivity index (χ0v) is 26.3. The number of methoxy groups -OCH3 is 2. The average molecular weight is 616 g/mol. The van der Waals surface area contributed by atoms with E-state index in [1.165, 1.54) is 31.3 Å². The molecule has 1 N–H and O–H groups in total. The number of anilines is 1. The third kappa shape index (κ3) is 9.12. The van der Waals surface area contributed by atoms with Gasteiger partial charge >= 0.3 is 0 Å². The Kier molecular flexibility index (Phi) is 10.9. The minimum Gasteiger partial charge on any atom is -0.493 e. The molecular formula is C31H38ClN3O6S. The molecule has 0 aliphatic heterocycles. The van der Waals surface area contributed by atoms with Crippen LogP contribution in [0.5, 0.6) is 11.5 Å². The van der Waals surface area contributed by atoms with Crippen molar-refractivity contribution in [3.63, 3.8) is 0 Å². The first kappa shape index (κ1) is 32.8. The molecule has 0 saturated heterocycles. The van der Waals surface area contributed by atoms with Gasteiger partial charge in [0, 0.05) is 29.6 Å². The van der Waals surface area contributed by atoms with Gasteiger partial charge in [-0.25, -0.2) is 8.42 Å². The maximum absolute atomic E-state index is 14.2. The number of benzene rings is 3. The van der Waals surface area contributed by atoms with Crippen LogP contribution in [-0.2, 0) is 32.6 Å². The molecule has 0 saturated carbocycles. The molecule has 0 heterocycles. The highest BCUT2D eigenvalue weighted by molar-refractivity contribution is 7.92. The van der Waals surface area contributed by atoms with Crippen LogP contribution >= 0.6 is 11.6 Å². The first-order chi connectivity index (χ1) is 19.7. The lowest BCUT2D eigenvalue weighted by Crippen LogP contribution is -2.56. The molecule has 226 valence electrons. The Bertz CT molecular complexity index is 1470. The van der Waals surface area contributed by atoms with Crippen LogP contribution in [0.1, 0.15) is 31.9 Å². The quantitative estimate of drug-likeness (QED) is 0.317. The van der Waals surface area contributed by atoms with Crippen LogP contribution in [0.4, 0.5) is 5.69 Å². The van der Waals surface area contributed by atoms with Crippen molar-refractivity contribution in [2.24, 2.45) is 0 Å². The molecule has 3 rings (SSSR count). The zero-order valence-electron chi connectivity index (χ0n) is 24.8. The predicted molar refractivity (Wildman–Crippen MR) is 166 cm³/mol. The van der Waals surface area contributed by atoms with E-state index in [2.05, 4.69) is 5.32 Å². The molecule has 0 radical (unpaired) electrons. The summed E-state index contributed by atoms with van der Waals surface area (Å²) in [6.45, 7) is 5.08. The third-order valence-electron chi connectivity index (χ3n) is 6.37. The number of carbonyl (C=O) groups is 2. The van der Waals surface area contributed by atoms with Gasteiger partial charge in [0.15, 0.2) is 11.5 Å². The van der Waals surface area contributed by atoms with Gasteiger partial charge in [-0.3, -0.25) is 13.9 Å². The van der Waals surface area contributed by atoms with Gasteiger partial charge in [0.25, 0.3) is 0 Å². The van der Waals surface area contributed by atoms with Crippen LogP contribution in [0, 0.1) is 0 Å². The topological polar surface area (TPSA) is 105 Å². The van der Waals surface area contributed by atoms with Gasteiger partial charge in [-0.1, -0.05) is 54.1 Å². The normalized spacial score (nSPS) is 12.3. The molecule has 0 bridgehead atoms. The summed E-state index contributed by atoms with van der Waals surface area (Å²) in [4.78, 5) is 29.4. The largest absolute Gasteiger partial charge is 0.493 e. The monoisotopic (exact) mass is 615 g/mol. The Morgan fingerprint density at radius 3 is 2.07 bits per heavy atom. The van der Waals surface area contributed by atoms with Crippen LogP contribution in [0.3, 0.4) is 0 Å². The number of amides is 2. The second kappa shape index (κ2) is 13.9. The fourth-order valence-corrected chi connectivity index (χ4v) is 5.35. The van der Waals surface area contributed by atoms with E-state index in [4.69, 9.17) is 21.1 Å². The van der Waals surface area contributed by atoms with Crippen molar-refractivity contribution in [3.8, 4) is 11.5 Å². The Balaban J connectivity index is 2.09. The van der Waals surface area contributed by atoms with Crippen LogP contribution in [0.25, 0.3) is 0 Å². The van der Waals surface area contributed by atoms with Crippen molar-refractivity contribution in [1.29, 1.82) is 0 Å². The van der Waals surface area contributed by atoms with Crippen molar-refractivity contribution in [2.75, 3.05) is 31.3 Å². The lowest BCUT2D eigenvalue weighted by molar-refractivity contribution is -0.140. The van der Waals surface area contributed by atoms with Crippen molar-refractivity contribution < 1.29 is 27.5 Å². The van der Waals surface area contributed by atoms with E-state index < -0.39 is 34.1 Å². The van der Waals surface area contributed by atoms with Crippen LogP contribution < -0.4 is 19.1 Å². The van der Waals surface area contributed by atoms with E-state index in [9.17, 15) is 18.0 Å². The molecule has 0 unspecified atom stereocenters. The van der Waals surface area contributed by atoms with Gasteiger partial charge in [-0.05, 0) is 56.2 Å². The average Bonchev–Trinajstić information content (AvgIpc) is 2.93. The lowest BCUT2D eigenvalue weighted by atomic mass is 10.0. The van der Waals surface area contributed by atoms with Crippen molar-refractivity contribution >= 4 is 39.1 Å². The summed E-state index contributed by atoms with van der Waals surface area (Å²) in [6, 6.07) is 20.0. The number of nitrogens with one attached hydrogen (secondary N) is 1. The number of nitrogens with zero attached hydrogens (tertiary/aromatic N) is 2. The third-order valence-corrected chi connectivity index (χ3v) is 7.76. The van der Waals surface area contributed by atoms with E-state index in [1.54, 1.807) is 30.3 Å². The second-order valence-electron chi connectivity index (χ2n) is 10.9. The number of ether oxygens (including phenoxy) is 2. The highest BCUT2D eigenvalue weighted by Crippen LogP contribution is 2.32. The molecule has 42 heavy (non-hydrogen) atoms. The summed E-state index contributed by atoms with van der Waals surface area (Å²) < 4.78 is 37.7. The number of rotatable bonds is 12. The summed E-state index contributed by atoms with van der Waals surface area (Å²) in [7, 11) is -1.02. The molecular weight excluding hydrogens is 578 g/mol. The Morgan fingerprint density at radius 1 is 0.905 bits per heavy atom. The maximum atomic E-state index is 14.2. The SMILES string of the molecule is COc1ccc(N(CC(=O)N(Cc2ccc(Cl)cc2)[C@H](Cc2ccccc2)C(=O)NC(C)(C)C)S(C)(=O)=O)cc1OC. The highest BCUT2D eigenvalue weighted by atomic mass is 35.5. The fraction of sp³-hybridized carbons (Fsp3) is 0.355. The molecule has 0 spiro atoms. The van der Waals surface area contributed by atoms with E-state index in [0.29, 0.717) is 16.5 Å². The van der Waals surface area contributed by atoms with Gasteiger partial charge < -0.3 is 19.7 Å². The Hall–Kier alpha value is -3.76. The smallest absolute Gasteiger partial charge is 0.244 e. The first-order valence-electron chi connectivity index (χ1n) is 13.3. The van der Waals surface area contributed by atoms with Crippen LogP contribution in [0.2, 0.25) is 5.02 Å². The minimum atomic E-state index is -3.93. The van der Waals surface area contributed by atoms with E-state index >= 15 is 0 Å².